The normalized spacial score (nSPS) is 14.2. The average molecular weight is 392 g/mol. The second-order valence-electron chi connectivity index (χ2n) is 7.08. The highest BCUT2D eigenvalue weighted by Gasteiger charge is 2.25. The molecule has 1 fully saturated rings. The number of hydrogen-bond acceptors (Lipinski definition) is 6. The lowest BCUT2D eigenvalue weighted by Gasteiger charge is -2.35. The van der Waals surface area contributed by atoms with Gasteiger partial charge in [0.05, 0.1) is 18.5 Å². The van der Waals surface area contributed by atoms with Crippen LogP contribution in [0.25, 0.3) is 11.3 Å². The Morgan fingerprint density at radius 1 is 1.03 bits per heavy atom. The number of carbonyl (C=O) groups is 1. The topological polar surface area (TPSA) is 76.4 Å². The van der Waals surface area contributed by atoms with Crippen molar-refractivity contribution in [3.05, 3.63) is 53.9 Å². The average Bonchev–Trinajstić information content (AvgIpc) is 3.15. The van der Waals surface area contributed by atoms with E-state index in [1.807, 2.05) is 54.3 Å². The molecule has 0 saturated carbocycles. The molecular weight excluding hydrogens is 368 g/mol. The fraction of sp³-hybridized carbons (Fsp3) is 0.333. The zero-order valence-electron chi connectivity index (χ0n) is 16.9. The molecule has 8 heteroatoms. The van der Waals surface area contributed by atoms with Crippen molar-refractivity contribution < 1.29 is 9.53 Å². The van der Waals surface area contributed by atoms with Crippen LogP contribution in [-0.4, -0.2) is 64.1 Å². The molecule has 8 nitrogen and oxygen atoms in total. The van der Waals surface area contributed by atoms with Gasteiger partial charge in [-0.15, -0.1) is 5.10 Å². The maximum atomic E-state index is 13.1. The van der Waals surface area contributed by atoms with Gasteiger partial charge in [-0.25, -0.2) is 0 Å². The monoisotopic (exact) mass is 392 g/mol. The number of anilines is 1. The molecule has 0 radical (unpaired) electrons. The molecule has 1 aliphatic rings. The lowest BCUT2D eigenvalue weighted by atomic mass is 10.1. The van der Waals surface area contributed by atoms with E-state index < -0.39 is 0 Å². The maximum absolute atomic E-state index is 13.1. The Balaban J connectivity index is 1.46. The van der Waals surface area contributed by atoms with Crippen LogP contribution in [-0.2, 0) is 7.05 Å². The van der Waals surface area contributed by atoms with Crippen molar-refractivity contribution in [2.75, 3.05) is 38.2 Å². The smallest absolute Gasteiger partial charge is 0.272 e. The van der Waals surface area contributed by atoms with Crippen LogP contribution in [0, 0.1) is 6.92 Å². The van der Waals surface area contributed by atoms with Crippen LogP contribution in [0.15, 0.2) is 42.5 Å². The molecule has 1 aliphatic heterocycles. The highest BCUT2D eigenvalue weighted by molar-refractivity contribution is 5.94. The zero-order valence-corrected chi connectivity index (χ0v) is 16.9. The maximum Gasteiger partial charge on any atom is 0.272 e. The molecular formula is C21H24N6O2. The number of amides is 1. The standard InChI is InChI=1S/C21H24N6O2/c1-15-7-8-20(23-22-15)26-9-11-27(12-10-26)21(28)19-14-18(24-25(19)2)16-5-4-6-17(13-16)29-3/h4-8,13-14H,9-12H2,1-3H3. The molecule has 3 heterocycles. The first-order valence-electron chi connectivity index (χ1n) is 9.58. The van der Waals surface area contributed by atoms with Gasteiger partial charge in [0.15, 0.2) is 5.82 Å². The van der Waals surface area contributed by atoms with E-state index in [0.717, 1.165) is 41.6 Å². The summed E-state index contributed by atoms with van der Waals surface area (Å²) in [6.45, 7) is 4.64. The Labute approximate surface area is 169 Å². The largest absolute Gasteiger partial charge is 0.497 e. The predicted octanol–water partition coefficient (Wildman–Crippen LogP) is 2.16. The lowest BCUT2D eigenvalue weighted by Crippen LogP contribution is -2.49. The number of ether oxygens (including phenoxy) is 1. The van der Waals surface area contributed by atoms with Crippen LogP contribution in [0.3, 0.4) is 0 Å². The van der Waals surface area contributed by atoms with E-state index in [1.54, 1.807) is 18.8 Å². The first-order valence-corrected chi connectivity index (χ1v) is 9.58. The molecule has 1 saturated heterocycles. The third-order valence-corrected chi connectivity index (χ3v) is 5.14. The van der Waals surface area contributed by atoms with Gasteiger partial charge in [-0.2, -0.15) is 10.2 Å². The van der Waals surface area contributed by atoms with Gasteiger partial charge in [-0.05, 0) is 37.3 Å². The van der Waals surface area contributed by atoms with E-state index in [0.29, 0.717) is 18.8 Å². The van der Waals surface area contributed by atoms with Gasteiger partial charge < -0.3 is 14.5 Å². The molecule has 150 valence electrons. The fourth-order valence-corrected chi connectivity index (χ4v) is 3.45. The number of aryl methyl sites for hydroxylation is 2. The summed E-state index contributed by atoms with van der Waals surface area (Å²) in [6, 6.07) is 13.4. The van der Waals surface area contributed by atoms with E-state index in [2.05, 4.69) is 20.2 Å². The molecule has 0 unspecified atom stereocenters. The quantitative estimate of drug-likeness (QED) is 0.677. The van der Waals surface area contributed by atoms with Crippen LogP contribution < -0.4 is 9.64 Å². The minimum absolute atomic E-state index is 0.0104. The van der Waals surface area contributed by atoms with Gasteiger partial charge in [0.1, 0.15) is 11.4 Å². The minimum atomic E-state index is -0.0104. The Hall–Kier alpha value is -3.42. The molecule has 1 amide bonds. The molecule has 0 N–H and O–H groups in total. The highest BCUT2D eigenvalue weighted by atomic mass is 16.5. The van der Waals surface area contributed by atoms with Crippen LogP contribution >= 0.6 is 0 Å². The summed E-state index contributed by atoms with van der Waals surface area (Å²) in [4.78, 5) is 17.1. The van der Waals surface area contributed by atoms with Crippen LogP contribution in [0.2, 0.25) is 0 Å². The van der Waals surface area contributed by atoms with Gasteiger partial charge in [-0.3, -0.25) is 9.48 Å². The number of aromatic nitrogens is 4. The minimum Gasteiger partial charge on any atom is -0.497 e. The summed E-state index contributed by atoms with van der Waals surface area (Å²) in [6.07, 6.45) is 0. The van der Waals surface area contributed by atoms with Crippen molar-refractivity contribution in [3.63, 3.8) is 0 Å². The van der Waals surface area contributed by atoms with Gasteiger partial charge in [-0.1, -0.05) is 12.1 Å². The van der Waals surface area contributed by atoms with Crippen LogP contribution in [0.5, 0.6) is 5.75 Å². The summed E-state index contributed by atoms with van der Waals surface area (Å²) in [5.41, 5.74) is 3.14. The Morgan fingerprint density at radius 2 is 1.83 bits per heavy atom. The summed E-state index contributed by atoms with van der Waals surface area (Å²) >= 11 is 0. The van der Waals surface area contributed by atoms with Gasteiger partial charge in [0.2, 0.25) is 0 Å². The third-order valence-electron chi connectivity index (χ3n) is 5.14. The number of nitrogens with zero attached hydrogens (tertiary/aromatic N) is 6. The van der Waals surface area contributed by atoms with Gasteiger partial charge in [0.25, 0.3) is 5.91 Å². The number of carbonyl (C=O) groups excluding carboxylic acids is 1. The van der Waals surface area contributed by atoms with E-state index in [4.69, 9.17) is 4.74 Å². The number of hydrogen-bond donors (Lipinski definition) is 0. The molecule has 3 aromatic rings. The summed E-state index contributed by atoms with van der Waals surface area (Å²) in [5.74, 6) is 1.60. The summed E-state index contributed by atoms with van der Waals surface area (Å²) in [5, 5.41) is 12.9. The number of benzene rings is 1. The SMILES string of the molecule is COc1cccc(-c2cc(C(=O)N3CCN(c4ccc(C)nn4)CC3)n(C)n2)c1. The Kier molecular flexibility index (Phi) is 5.16. The first-order chi connectivity index (χ1) is 14.0. The zero-order chi connectivity index (χ0) is 20.4. The van der Waals surface area contributed by atoms with Crippen LogP contribution in [0.1, 0.15) is 16.2 Å². The molecule has 0 spiro atoms. The van der Waals surface area contributed by atoms with Gasteiger partial charge in [0, 0.05) is 38.8 Å². The molecule has 1 aromatic carbocycles. The van der Waals surface area contributed by atoms with E-state index >= 15 is 0 Å². The second kappa shape index (κ2) is 7.90. The molecule has 2 aromatic heterocycles. The predicted molar refractivity (Wildman–Crippen MR) is 110 cm³/mol. The van der Waals surface area contributed by atoms with E-state index in [-0.39, 0.29) is 5.91 Å². The summed E-state index contributed by atoms with van der Waals surface area (Å²) < 4.78 is 6.93. The highest BCUT2D eigenvalue weighted by Crippen LogP contribution is 2.24. The molecule has 0 bridgehead atoms. The number of piperazine rings is 1. The Bertz CT molecular complexity index is 1010. The van der Waals surface area contributed by atoms with Crippen molar-refractivity contribution in [2.24, 2.45) is 7.05 Å². The first kappa shape index (κ1) is 18.9. The number of methoxy groups -OCH3 is 1. The van der Waals surface area contributed by atoms with Crippen molar-refractivity contribution in [1.82, 2.24) is 24.9 Å². The third kappa shape index (κ3) is 3.91. The molecule has 0 atom stereocenters. The van der Waals surface area contributed by atoms with E-state index in [1.165, 1.54) is 0 Å². The molecule has 4 rings (SSSR count). The Morgan fingerprint density at radius 3 is 2.52 bits per heavy atom. The van der Waals surface area contributed by atoms with Gasteiger partial charge >= 0.3 is 0 Å². The van der Waals surface area contributed by atoms with Crippen molar-refractivity contribution in [3.8, 4) is 17.0 Å². The summed E-state index contributed by atoms with van der Waals surface area (Å²) in [7, 11) is 3.43. The van der Waals surface area contributed by atoms with Crippen LogP contribution in [0.4, 0.5) is 5.82 Å². The lowest BCUT2D eigenvalue weighted by molar-refractivity contribution is 0.0735. The van der Waals surface area contributed by atoms with Crippen molar-refractivity contribution in [1.29, 1.82) is 0 Å². The van der Waals surface area contributed by atoms with Crippen molar-refractivity contribution >= 4 is 11.7 Å². The van der Waals surface area contributed by atoms with Crippen molar-refractivity contribution in [2.45, 2.75) is 6.92 Å². The number of rotatable bonds is 4. The molecule has 29 heavy (non-hydrogen) atoms. The fourth-order valence-electron chi connectivity index (χ4n) is 3.45. The molecule has 0 aliphatic carbocycles. The van der Waals surface area contributed by atoms with E-state index in [9.17, 15) is 4.79 Å². The second-order valence-corrected chi connectivity index (χ2v) is 7.08.